The molecule has 1 aliphatic carbocycles. The summed E-state index contributed by atoms with van der Waals surface area (Å²) in [4.78, 5) is 0. The molecule has 0 heterocycles. The summed E-state index contributed by atoms with van der Waals surface area (Å²) in [5, 5.41) is 0. The van der Waals surface area contributed by atoms with E-state index in [-0.39, 0.29) is 0 Å². The molecular weight excluding hydrogens is 230 g/mol. The predicted octanol–water partition coefficient (Wildman–Crippen LogP) is 4.23. The number of hydrogen-bond acceptors (Lipinski definition) is 1. The van der Waals surface area contributed by atoms with Gasteiger partial charge in [0.2, 0.25) is 0 Å². The molecule has 0 fully saturated rings. The number of nitrogens with two attached hydrogens (primary N) is 1. The quantitative estimate of drug-likeness (QED) is 0.750. The molecule has 2 aromatic rings. The van der Waals surface area contributed by atoms with E-state index >= 15 is 0 Å². The maximum Gasteiger partial charge on any atom is 0.0314 e. The van der Waals surface area contributed by atoms with Crippen LogP contribution in [0.1, 0.15) is 22.3 Å². The summed E-state index contributed by atoms with van der Waals surface area (Å²) in [5.74, 6) is 0. The summed E-state index contributed by atoms with van der Waals surface area (Å²) in [7, 11) is 0. The Labute approximate surface area is 114 Å². The first-order valence-electron chi connectivity index (χ1n) is 6.49. The molecule has 19 heavy (non-hydrogen) atoms. The molecule has 3 rings (SSSR count). The van der Waals surface area contributed by atoms with E-state index < -0.39 is 0 Å². The van der Waals surface area contributed by atoms with Gasteiger partial charge in [0.25, 0.3) is 0 Å². The lowest BCUT2D eigenvalue weighted by Gasteiger charge is -2.19. The lowest BCUT2D eigenvalue weighted by atomic mass is 9.85. The molecule has 2 aromatic carbocycles. The van der Waals surface area contributed by atoms with E-state index in [0.29, 0.717) is 0 Å². The minimum Gasteiger partial charge on any atom is -0.399 e. The van der Waals surface area contributed by atoms with E-state index in [4.69, 9.17) is 5.73 Å². The van der Waals surface area contributed by atoms with Crippen molar-refractivity contribution in [1.82, 2.24) is 0 Å². The Kier molecular flexibility index (Phi) is 2.75. The Morgan fingerprint density at radius 1 is 1.05 bits per heavy atom. The monoisotopic (exact) mass is 247 g/mol. The maximum absolute atomic E-state index is 5.74. The van der Waals surface area contributed by atoms with Crippen LogP contribution in [0.25, 0.3) is 11.1 Å². The fourth-order valence-electron chi connectivity index (χ4n) is 2.57. The van der Waals surface area contributed by atoms with Gasteiger partial charge < -0.3 is 5.73 Å². The van der Waals surface area contributed by atoms with Gasteiger partial charge in [0.1, 0.15) is 0 Å². The summed E-state index contributed by atoms with van der Waals surface area (Å²) < 4.78 is 0. The fourth-order valence-corrected chi connectivity index (χ4v) is 2.57. The normalized spacial score (nSPS) is 13.9. The van der Waals surface area contributed by atoms with Gasteiger partial charge in [0.15, 0.2) is 0 Å². The van der Waals surface area contributed by atoms with Gasteiger partial charge in [-0.05, 0) is 53.3 Å². The van der Waals surface area contributed by atoms with Crippen molar-refractivity contribution in [3.05, 3.63) is 77.4 Å². The summed E-state index contributed by atoms with van der Waals surface area (Å²) in [5.41, 5.74) is 14.1. The average molecular weight is 247 g/mol. The lowest BCUT2D eigenvalue weighted by Crippen LogP contribution is -2.02. The van der Waals surface area contributed by atoms with E-state index in [0.717, 1.165) is 17.7 Å². The number of nitrogen functional groups attached to an aromatic ring is 1. The van der Waals surface area contributed by atoms with Gasteiger partial charge >= 0.3 is 0 Å². The van der Waals surface area contributed by atoms with Crippen LogP contribution in [0.2, 0.25) is 0 Å². The maximum atomic E-state index is 5.74. The Morgan fingerprint density at radius 2 is 1.79 bits per heavy atom. The van der Waals surface area contributed by atoms with Gasteiger partial charge in [-0.25, -0.2) is 0 Å². The molecule has 94 valence electrons. The average Bonchev–Trinajstić information content (AvgIpc) is 2.40. The van der Waals surface area contributed by atoms with Crippen molar-refractivity contribution in [2.24, 2.45) is 0 Å². The molecule has 1 nitrogen and oxygen atoms in total. The van der Waals surface area contributed by atoms with Crippen LogP contribution in [-0.2, 0) is 6.42 Å². The second kappa shape index (κ2) is 4.43. The summed E-state index contributed by atoms with van der Waals surface area (Å²) >= 11 is 0. The van der Waals surface area contributed by atoms with Crippen LogP contribution < -0.4 is 5.73 Å². The van der Waals surface area contributed by atoms with E-state index in [2.05, 4.69) is 49.9 Å². The first-order chi connectivity index (χ1) is 9.13. The van der Waals surface area contributed by atoms with Crippen molar-refractivity contribution in [3.8, 4) is 0 Å². The Morgan fingerprint density at radius 3 is 2.53 bits per heavy atom. The molecule has 0 saturated carbocycles. The summed E-state index contributed by atoms with van der Waals surface area (Å²) in [6, 6.07) is 14.6. The number of fused-ring (bicyclic) bond motifs is 1. The van der Waals surface area contributed by atoms with Gasteiger partial charge in [0.05, 0.1) is 0 Å². The number of aryl methyl sites for hydroxylation is 1. The molecule has 2 N–H and O–H groups in total. The molecule has 1 aliphatic rings. The Bertz CT molecular complexity index is 675. The van der Waals surface area contributed by atoms with Crippen molar-refractivity contribution < 1.29 is 0 Å². The number of allylic oxidation sites excluding steroid dienone is 3. The van der Waals surface area contributed by atoms with E-state index in [9.17, 15) is 0 Å². The first-order valence-corrected chi connectivity index (χ1v) is 6.49. The second-order valence-electron chi connectivity index (χ2n) is 5.15. The first kappa shape index (κ1) is 11.8. The van der Waals surface area contributed by atoms with Crippen LogP contribution in [0, 0.1) is 6.92 Å². The smallest absolute Gasteiger partial charge is 0.0314 e. The molecule has 0 saturated heterocycles. The van der Waals surface area contributed by atoms with Crippen molar-refractivity contribution in [1.29, 1.82) is 0 Å². The molecule has 0 aromatic heterocycles. The number of anilines is 1. The van der Waals surface area contributed by atoms with Gasteiger partial charge in [-0.1, -0.05) is 48.6 Å². The molecule has 0 radical (unpaired) electrons. The van der Waals surface area contributed by atoms with Crippen molar-refractivity contribution in [2.45, 2.75) is 13.3 Å². The zero-order valence-corrected chi connectivity index (χ0v) is 11.1. The minimum atomic E-state index is 0.801. The fraction of sp³-hybridized carbons (Fsp3) is 0.111. The molecule has 0 bridgehead atoms. The summed E-state index contributed by atoms with van der Waals surface area (Å²) in [6.07, 6.45) is 3.14. The highest BCUT2D eigenvalue weighted by Crippen LogP contribution is 2.33. The molecule has 0 atom stereocenters. The van der Waals surface area contributed by atoms with E-state index in [1.54, 1.807) is 0 Å². The highest BCUT2D eigenvalue weighted by atomic mass is 14.5. The predicted molar refractivity (Wildman–Crippen MR) is 82.7 cm³/mol. The van der Waals surface area contributed by atoms with Crippen LogP contribution in [0.4, 0.5) is 5.69 Å². The molecule has 0 aliphatic heterocycles. The van der Waals surface area contributed by atoms with Crippen molar-refractivity contribution in [2.75, 3.05) is 5.73 Å². The molecule has 0 unspecified atom stereocenters. The van der Waals surface area contributed by atoms with Crippen molar-refractivity contribution >= 4 is 16.8 Å². The number of rotatable bonds is 1. The van der Waals surface area contributed by atoms with Gasteiger partial charge in [-0.3, -0.25) is 0 Å². The second-order valence-corrected chi connectivity index (χ2v) is 5.15. The summed E-state index contributed by atoms with van der Waals surface area (Å²) in [6.45, 7) is 6.31. The largest absolute Gasteiger partial charge is 0.399 e. The van der Waals surface area contributed by atoms with Crippen molar-refractivity contribution in [3.63, 3.8) is 0 Å². The Balaban J connectivity index is 2.02. The highest BCUT2D eigenvalue weighted by Gasteiger charge is 2.14. The molecule has 0 spiro atoms. The standard InChI is InChI=1S/C18H17N/c1-12-3-4-15-11-16(10-13(2)18(15)9-12)14-5-7-17(19)8-6-14/h3-10H,2,11,19H2,1H3. The van der Waals surface area contributed by atoms with Gasteiger partial charge in [-0.2, -0.15) is 0 Å². The lowest BCUT2D eigenvalue weighted by molar-refractivity contribution is 1.23. The minimum absolute atomic E-state index is 0.801. The van der Waals surface area contributed by atoms with Crippen LogP contribution in [0.15, 0.2) is 55.1 Å². The molecular formula is C18H17N. The van der Waals surface area contributed by atoms with Crippen LogP contribution in [-0.4, -0.2) is 0 Å². The molecule has 1 heteroatoms. The third kappa shape index (κ3) is 2.19. The topological polar surface area (TPSA) is 26.0 Å². The third-order valence-electron chi connectivity index (χ3n) is 3.62. The van der Waals surface area contributed by atoms with E-state index in [1.165, 1.54) is 27.8 Å². The van der Waals surface area contributed by atoms with Gasteiger partial charge in [-0.15, -0.1) is 0 Å². The SMILES string of the molecule is C=C1C=C(c2ccc(N)cc2)Cc2ccc(C)cc21. The van der Waals surface area contributed by atoms with Crippen LogP contribution in [0.3, 0.4) is 0 Å². The number of benzene rings is 2. The van der Waals surface area contributed by atoms with Crippen LogP contribution >= 0.6 is 0 Å². The van der Waals surface area contributed by atoms with E-state index in [1.807, 2.05) is 12.1 Å². The van der Waals surface area contributed by atoms with Gasteiger partial charge in [0, 0.05) is 5.69 Å². The highest BCUT2D eigenvalue weighted by molar-refractivity contribution is 5.89. The Hall–Kier alpha value is -2.28. The number of hydrogen-bond donors (Lipinski definition) is 1. The van der Waals surface area contributed by atoms with Crippen LogP contribution in [0.5, 0.6) is 0 Å². The zero-order valence-electron chi connectivity index (χ0n) is 11.1. The zero-order chi connectivity index (χ0) is 13.4. The molecule has 0 amide bonds. The third-order valence-corrected chi connectivity index (χ3v) is 3.62.